The van der Waals surface area contributed by atoms with Crippen LogP contribution in [0, 0.1) is 11.8 Å². The fourth-order valence-corrected chi connectivity index (χ4v) is 1.52. The molecule has 1 aliphatic rings. The lowest BCUT2D eigenvalue weighted by Crippen LogP contribution is -2.13. The van der Waals surface area contributed by atoms with Gasteiger partial charge in [-0.2, -0.15) is 0 Å². The second kappa shape index (κ2) is 3.77. The largest absolute Gasteiger partial charge is 0.396 e. The third-order valence-electron chi connectivity index (χ3n) is 2.30. The van der Waals surface area contributed by atoms with Crippen molar-refractivity contribution >= 4 is 0 Å². The third kappa shape index (κ3) is 1.84. The molecule has 0 bridgehead atoms. The van der Waals surface area contributed by atoms with E-state index >= 15 is 0 Å². The molecule has 1 N–H and O–H groups in total. The molecule has 0 radical (unpaired) electrons. The lowest BCUT2D eigenvalue weighted by atomic mass is 9.86. The molecule has 1 aliphatic carbocycles. The van der Waals surface area contributed by atoms with E-state index in [9.17, 15) is 0 Å². The summed E-state index contributed by atoms with van der Waals surface area (Å²) in [4.78, 5) is 0. The lowest BCUT2D eigenvalue weighted by Gasteiger charge is -2.21. The van der Waals surface area contributed by atoms with Gasteiger partial charge < -0.3 is 5.11 Å². The van der Waals surface area contributed by atoms with Crippen LogP contribution in [-0.2, 0) is 0 Å². The van der Waals surface area contributed by atoms with Gasteiger partial charge in [-0.05, 0) is 31.1 Å². The van der Waals surface area contributed by atoms with Crippen LogP contribution in [0.2, 0.25) is 0 Å². The maximum atomic E-state index is 8.87. The topological polar surface area (TPSA) is 20.2 Å². The molecule has 0 saturated carbocycles. The van der Waals surface area contributed by atoms with E-state index in [1.165, 1.54) is 12.8 Å². The molecule has 10 heavy (non-hydrogen) atoms. The third-order valence-corrected chi connectivity index (χ3v) is 2.30. The molecule has 0 fully saturated rings. The summed E-state index contributed by atoms with van der Waals surface area (Å²) in [6.45, 7) is 2.57. The van der Waals surface area contributed by atoms with Crippen molar-refractivity contribution < 1.29 is 5.11 Å². The van der Waals surface area contributed by atoms with Crippen LogP contribution in [-0.4, -0.2) is 11.7 Å². The van der Waals surface area contributed by atoms with Crippen LogP contribution >= 0.6 is 0 Å². The summed E-state index contributed by atoms with van der Waals surface area (Å²) in [5, 5.41) is 8.87. The average molecular weight is 140 g/mol. The molecule has 2 atom stereocenters. The van der Waals surface area contributed by atoms with E-state index in [1.807, 2.05) is 0 Å². The highest BCUT2D eigenvalue weighted by atomic mass is 16.3. The van der Waals surface area contributed by atoms with Crippen LogP contribution in [0.15, 0.2) is 12.2 Å². The van der Waals surface area contributed by atoms with Gasteiger partial charge in [0, 0.05) is 6.61 Å². The fraction of sp³-hybridized carbons (Fsp3) is 0.778. The number of aliphatic hydroxyl groups excluding tert-OH is 1. The highest BCUT2D eigenvalue weighted by Crippen LogP contribution is 2.24. The van der Waals surface area contributed by atoms with Gasteiger partial charge in [-0.15, -0.1) is 0 Å². The van der Waals surface area contributed by atoms with E-state index in [0.29, 0.717) is 12.5 Å². The molecule has 58 valence electrons. The second-order valence-corrected chi connectivity index (χ2v) is 3.12. The lowest BCUT2D eigenvalue weighted by molar-refractivity contribution is 0.202. The van der Waals surface area contributed by atoms with Gasteiger partial charge >= 0.3 is 0 Å². The van der Waals surface area contributed by atoms with E-state index in [4.69, 9.17) is 5.11 Å². The van der Waals surface area contributed by atoms with Crippen molar-refractivity contribution in [3.8, 4) is 0 Å². The van der Waals surface area contributed by atoms with E-state index in [1.54, 1.807) is 0 Å². The van der Waals surface area contributed by atoms with E-state index < -0.39 is 0 Å². The minimum atomic E-state index is 0.362. The molecular formula is C9H16O. The van der Waals surface area contributed by atoms with Gasteiger partial charge in [0.25, 0.3) is 0 Å². The van der Waals surface area contributed by atoms with E-state index in [2.05, 4.69) is 19.1 Å². The molecule has 1 nitrogen and oxygen atoms in total. The molecule has 0 saturated heterocycles. The average Bonchev–Trinajstić information content (AvgIpc) is 2.05. The zero-order valence-electron chi connectivity index (χ0n) is 6.59. The maximum absolute atomic E-state index is 8.87. The Balaban J connectivity index is 2.38. The molecule has 0 spiro atoms. The van der Waals surface area contributed by atoms with Crippen molar-refractivity contribution in [3.05, 3.63) is 12.2 Å². The van der Waals surface area contributed by atoms with Gasteiger partial charge in [-0.25, -0.2) is 0 Å². The number of rotatable bonds is 2. The standard InChI is InChI=1S/C9H16O/c1-2-8-4-3-5-9(6-8)7-10/h3-4,8-10H,2,5-7H2,1H3. The Morgan fingerprint density at radius 3 is 3.00 bits per heavy atom. The van der Waals surface area contributed by atoms with Crippen LogP contribution in [0.5, 0.6) is 0 Å². The molecule has 0 amide bonds. The summed E-state index contributed by atoms with van der Waals surface area (Å²) in [7, 11) is 0. The Labute approximate surface area is 62.8 Å². The smallest absolute Gasteiger partial charge is 0.0462 e. The SMILES string of the molecule is CCC1C=CCC(CO)C1. The molecule has 0 aromatic rings. The summed E-state index contributed by atoms with van der Waals surface area (Å²) in [5.41, 5.74) is 0. The first-order valence-corrected chi connectivity index (χ1v) is 4.14. The Morgan fingerprint density at radius 1 is 1.60 bits per heavy atom. The van der Waals surface area contributed by atoms with Crippen molar-refractivity contribution in [1.82, 2.24) is 0 Å². The van der Waals surface area contributed by atoms with Crippen LogP contribution in [0.3, 0.4) is 0 Å². The van der Waals surface area contributed by atoms with Gasteiger partial charge in [0.15, 0.2) is 0 Å². The van der Waals surface area contributed by atoms with Gasteiger partial charge in [-0.3, -0.25) is 0 Å². The predicted molar refractivity (Wildman–Crippen MR) is 42.7 cm³/mol. The van der Waals surface area contributed by atoms with Gasteiger partial charge in [0.1, 0.15) is 0 Å². The highest BCUT2D eigenvalue weighted by molar-refractivity contribution is 4.95. The zero-order valence-corrected chi connectivity index (χ0v) is 6.59. The summed E-state index contributed by atoms with van der Waals surface area (Å²) >= 11 is 0. The zero-order chi connectivity index (χ0) is 7.40. The summed E-state index contributed by atoms with van der Waals surface area (Å²) in [5.74, 6) is 1.26. The van der Waals surface area contributed by atoms with Crippen molar-refractivity contribution in [2.24, 2.45) is 11.8 Å². The van der Waals surface area contributed by atoms with Crippen molar-refractivity contribution in [2.45, 2.75) is 26.2 Å². The number of aliphatic hydroxyl groups is 1. The van der Waals surface area contributed by atoms with Crippen molar-refractivity contribution in [3.63, 3.8) is 0 Å². The molecule has 0 aliphatic heterocycles. The monoisotopic (exact) mass is 140 g/mol. The van der Waals surface area contributed by atoms with E-state index in [0.717, 1.165) is 12.3 Å². The molecule has 1 rings (SSSR count). The minimum Gasteiger partial charge on any atom is -0.396 e. The van der Waals surface area contributed by atoms with Gasteiger partial charge in [-0.1, -0.05) is 19.1 Å². The first kappa shape index (κ1) is 7.80. The molecule has 2 unspecified atom stereocenters. The van der Waals surface area contributed by atoms with Crippen LogP contribution in [0.25, 0.3) is 0 Å². The highest BCUT2D eigenvalue weighted by Gasteiger charge is 2.14. The van der Waals surface area contributed by atoms with Crippen LogP contribution < -0.4 is 0 Å². The quantitative estimate of drug-likeness (QED) is 0.581. The van der Waals surface area contributed by atoms with Gasteiger partial charge in [0.2, 0.25) is 0 Å². The summed E-state index contributed by atoms with van der Waals surface area (Å²) < 4.78 is 0. The second-order valence-electron chi connectivity index (χ2n) is 3.12. The molecule has 0 aromatic carbocycles. The fourth-order valence-electron chi connectivity index (χ4n) is 1.52. The number of hydrogen-bond donors (Lipinski definition) is 1. The first-order valence-electron chi connectivity index (χ1n) is 4.14. The molecule has 1 heteroatoms. The molecule has 0 aromatic heterocycles. The van der Waals surface area contributed by atoms with Crippen molar-refractivity contribution in [2.75, 3.05) is 6.61 Å². The maximum Gasteiger partial charge on any atom is 0.0462 e. The van der Waals surface area contributed by atoms with Gasteiger partial charge in [0.05, 0.1) is 0 Å². The minimum absolute atomic E-state index is 0.362. The summed E-state index contributed by atoms with van der Waals surface area (Å²) in [6, 6.07) is 0. The summed E-state index contributed by atoms with van der Waals surface area (Å²) in [6.07, 6.45) is 7.97. The Kier molecular flexibility index (Phi) is 2.94. The van der Waals surface area contributed by atoms with Crippen molar-refractivity contribution in [1.29, 1.82) is 0 Å². The predicted octanol–water partition coefficient (Wildman–Crippen LogP) is 1.97. The first-order chi connectivity index (χ1) is 4.86. The Morgan fingerprint density at radius 2 is 2.40 bits per heavy atom. The molecule has 0 heterocycles. The molecular weight excluding hydrogens is 124 g/mol. The normalized spacial score (nSPS) is 32.6. The van der Waals surface area contributed by atoms with Crippen LogP contribution in [0.1, 0.15) is 26.2 Å². The number of hydrogen-bond acceptors (Lipinski definition) is 1. The van der Waals surface area contributed by atoms with Crippen LogP contribution in [0.4, 0.5) is 0 Å². The Bertz CT molecular complexity index is 118. The van der Waals surface area contributed by atoms with E-state index in [-0.39, 0.29) is 0 Å². The number of allylic oxidation sites excluding steroid dienone is 2. The Hall–Kier alpha value is -0.300.